The van der Waals surface area contributed by atoms with Crippen molar-refractivity contribution in [3.05, 3.63) is 35.9 Å². The third-order valence-corrected chi connectivity index (χ3v) is 5.04. The summed E-state index contributed by atoms with van der Waals surface area (Å²) >= 11 is 0. The number of piperidine rings is 1. The number of hydrogen-bond acceptors (Lipinski definition) is 3. The van der Waals surface area contributed by atoms with Crippen molar-refractivity contribution in [2.45, 2.75) is 57.8 Å². The molecule has 1 fully saturated rings. The van der Waals surface area contributed by atoms with E-state index in [0.29, 0.717) is 12.1 Å². The van der Waals surface area contributed by atoms with Gasteiger partial charge in [-0.1, -0.05) is 30.3 Å². The summed E-state index contributed by atoms with van der Waals surface area (Å²) < 4.78 is 5.46. The van der Waals surface area contributed by atoms with Crippen molar-refractivity contribution in [3.63, 3.8) is 0 Å². The summed E-state index contributed by atoms with van der Waals surface area (Å²) in [6, 6.07) is 11.7. The van der Waals surface area contributed by atoms with Gasteiger partial charge in [-0.2, -0.15) is 0 Å². The van der Waals surface area contributed by atoms with Crippen molar-refractivity contribution in [2.24, 2.45) is 4.99 Å². The minimum absolute atomic E-state index is 0.204. The molecule has 1 saturated heterocycles. The highest BCUT2D eigenvalue weighted by Crippen LogP contribution is 2.20. The molecular weight excluding hydrogens is 312 g/mol. The van der Waals surface area contributed by atoms with Gasteiger partial charge in [0, 0.05) is 45.9 Å². The lowest BCUT2D eigenvalue weighted by molar-refractivity contribution is 0.0267. The molecule has 0 saturated carbocycles. The molecule has 0 aliphatic carbocycles. The van der Waals surface area contributed by atoms with E-state index >= 15 is 0 Å². The Morgan fingerprint density at radius 1 is 1.32 bits per heavy atom. The van der Waals surface area contributed by atoms with Crippen molar-refractivity contribution in [1.29, 1.82) is 0 Å². The first-order chi connectivity index (χ1) is 11.9. The van der Waals surface area contributed by atoms with Gasteiger partial charge in [-0.3, -0.25) is 9.89 Å². The number of aliphatic imine (C=N–C) groups is 1. The van der Waals surface area contributed by atoms with Crippen LogP contribution >= 0.6 is 0 Å². The molecule has 2 unspecified atom stereocenters. The third-order valence-electron chi connectivity index (χ3n) is 5.04. The highest BCUT2D eigenvalue weighted by molar-refractivity contribution is 5.80. The summed E-state index contributed by atoms with van der Waals surface area (Å²) in [5.41, 5.74) is 1.18. The molecule has 25 heavy (non-hydrogen) atoms. The van der Waals surface area contributed by atoms with E-state index in [4.69, 9.17) is 4.74 Å². The van der Waals surface area contributed by atoms with Gasteiger partial charge in [0.1, 0.15) is 0 Å². The fourth-order valence-electron chi connectivity index (χ4n) is 3.16. The lowest BCUT2D eigenvalue weighted by Crippen LogP contribution is -2.53. The molecule has 2 atom stereocenters. The van der Waals surface area contributed by atoms with Gasteiger partial charge in [-0.25, -0.2) is 0 Å². The van der Waals surface area contributed by atoms with Crippen LogP contribution in [0.2, 0.25) is 0 Å². The van der Waals surface area contributed by atoms with Crippen LogP contribution in [-0.4, -0.2) is 55.8 Å². The SMILES string of the molecule is CN=C(NCC(C)(C)OC)NC1CCN(Cc2ccccc2)C(C)C1. The number of likely N-dealkylation sites (tertiary alicyclic amines) is 1. The zero-order chi connectivity index (χ0) is 18.3. The molecule has 2 N–H and O–H groups in total. The van der Waals surface area contributed by atoms with E-state index in [1.165, 1.54) is 5.56 Å². The maximum absolute atomic E-state index is 5.46. The molecule has 2 rings (SSSR count). The molecule has 5 nitrogen and oxygen atoms in total. The second-order valence-electron chi connectivity index (χ2n) is 7.56. The summed E-state index contributed by atoms with van der Waals surface area (Å²) in [7, 11) is 3.56. The molecule has 1 heterocycles. The molecule has 0 aromatic heterocycles. The topological polar surface area (TPSA) is 48.9 Å². The Morgan fingerprint density at radius 3 is 2.64 bits per heavy atom. The van der Waals surface area contributed by atoms with E-state index in [0.717, 1.165) is 38.4 Å². The normalized spacial score (nSPS) is 22.7. The van der Waals surface area contributed by atoms with Crippen LogP contribution in [-0.2, 0) is 11.3 Å². The molecule has 0 spiro atoms. The Hall–Kier alpha value is -1.59. The molecule has 1 aromatic rings. The second kappa shape index (κ2) is 9.20. The van der Waals surface area contributed by atoms with Gasteiger partial charge in [-0.15, -0.1) is 0 Å². The quantitative estimate of drug-likeness (QED) is 0.614. The first kappa shape index (κ1) is 19.7. The zero-order valence-electron chi connectivity index (χ0n) is 16.4. The van der Waals surface area contributed by atoms with Crippen molar-refractivity contribution in [1.82, 2.24) is 15.5 Å². The molecule has 0 bridgehead atoms. The number of hydrogen-bond donors (Lipinski definition) is 2. The largest absolute Gasteiger partial charge is 0.377 e. The van der Waals surface area contributed by atoms with E-state index < -0.39 is 0 Å². The van der Waals surface area contributed by atoms with Crippen molar-refractivity contribution < 1.29 is 4.74 Å². The van der Waals surface area contributed by atoms with Crippen LogP contribution in [0.4, 0.5) is 0 Å². The first-order valence-corrected chi connectivity index (χ1v) is 9.24. The van der Waals surface area contributed by atoms with E-state index in [-0.39, 0.29) is 5.60 Å². The maximum atomic E-state index is 5.46. The summed E-state index contributed by atoms with van der Waals surface area (Å²) in [6.07, 6.45) is 2.26. The zero-order valence-corrected chi connectivity index (χ0v) is 16.4. The van der Waals surface area contributed by atoms with Gasteiger partial charge in [0.05, 0.1) is 5.60 Å². The maximum Gasteiger partial charge on any atom is 0.191 e. The van der Waals surface area contributed by atoms with Crippen LogP contribution in [0.1, 0.15) is 39.2 Å². The lowest BCUT2D eigenvalue weighted by Gasteiger charge is -2.38. The van der Waals surface area contributed by atoms with E-state index in [9.17, 15) is 0 Å². The summed E-state index contributed by atoms with van der Waals surface area (Å²) in [6.45, 7) is 9.32. The smallest absolute Gasteiger partial charge is 0.191 e. The lowest BCUT2D eigenvalue weighted by atomic mass is 9.97. The van der Waals surface area contributed by atoms with E-state index in [1.54, 1.807) is 7.11 Å². The van der Waals surface area contributed by atoms with Crippen LogP contribution in [0, 0.1) is 0 Å². The molecule has 0 amide bonds. The highest BCUT2D eigenvalue weighted by atomic mass is 16.5. The van der Waals surface area contributed by atoms with Gasteiger partial charge in [0.2, 0.25) is 0 Å². The number of methoxy groups -OCH3 is 1. The number of ether oxygens (including phenoxy) is 1. The number of nitrogens with zero attached hydrogens (tertiary/aromatic N) is 2. The third kappa shape index (κ3) is 6.33. The fourth-order valence-corrected chi connectivity index (χ4v) is 3.16. The van der Waals surface area contributed by atoms with Gasteiger partial charge in [0.15, 0.2) is 5.96 Å². The first-order valence-electron chi connectivity index (χ1n) is 9.24. The Balaban J connectivity index is 1.81. The predicted molar refractivity (Wildman–Crippen MR) is 105 cm³/mol. The van der Waals surface area contributed by atoms with Gasteiger partial charge in [-0.05, 0) is 39.2 Å². The van der Waals surface area contributed by atoms with Gasteiger partial charge in [0.25, 0.3) is 0 Å². The molecule has 140 valence electrons. The summed E-state index contributed by atoms with van der Waals surface area (Å²) in [4.78, 5) is 6.92. The monoisotopic (exact) mass is 346 g/mol. The predicted octanol–water partition coefficient (Wildman–Crippen LogP) is 2.63. The Kier molecular flexibility index (Phi) is 7.26. The molecule has 1 aromatic carbocycles. The van der Waals surface area contributed by atoms with Crippen LogP contribution in [0.5, 0.6) is 0 Å². The molecule has 1 aliphatic heterocycles. The van der Waals surface area contributed by atoms with Gasteiger partial charge >= 0.3 is 0 Å². The van der Waals surface area contributed by atoms with Crippen molar-refractivity contribution >= 4 is 5.96 Å². The van der Waals surface area contributed by atoms with Crippen molar-refractivity contribution in [2.75, 3.05) is 27.2 Å². The van der Waals surface area contributed by atoms with Crippen LogP contribution < -0.4 is 10.6 Å². The number of benzene rings is 1. The second-order valence-corrected chi connectivity index (χ2v) is 7.56. The Bertz CT molecular complexity index is 544. The van der Waals surface area contributed by atoms with Crippen LogP contribution in [0.15, 0.2) is 35.3 Å². The molecule has 5 heteroatoms. The number of guanidine groups is 1. The average molecular weight is 347 g/mol. The fraction of sp³-hybridized carbons (Fsp3) is 0.650. The van der Waals surface area contributed by atoms with Crippen LogP contribution in [0.3, 0.4) is 0 Å². The average Bonchev–Trinajstić information content (AvgIpc) is 2.61. The molecule has 1 aliphatic rings. The van der Waals surface area contributed by atoms with E-state index in [2.05, 4.69) is 71.6 Å². The Morgan fingerprint density at radius 2 is 2.04 bits per heavy atom. The van der Waals surface area contributed by atoms with E-state index in [1.807, 2.05) is 7.05 Å². The highest BCUT2D eigenvalue weighted by Gasteiger charge is 2.26. The molecular formula is C20H34N4O. The summed E-state index contributed by atoms with van der Waals surface area (Å²) in [5, 5.41) is 6.95. The van der Waals surface area contributed by atoms with Gasteiger partial charge < -0.3 is 15.4 Å². The van der Waals surface area contributed by atoms with Crippen molar-refractivity contribution in [3.8, 4) is 0 Å². The molecule has 0 radical (unpaired) electrons. The number of nitrogens with one attached hydrogen (secondary N) is 2. The Labute approximate surface area is 152 Å². The summed E-state index contributed by atoms with van der Waals surface area (Å²) in [5.74, 6) is 0.860. The number of rotatable bonds is 6. The standard InChI is InChI=1S/C20H34N4O/c1-16-13-18(23-19(21-4)22-15-20(2,3)25-5)11-12-24(16)14-17-9-7-6-8-10-17/h6-10,16,18H,11-15H2,1-5H3,(H2,21,22,23). The minimum atomic E-state index is -0.204. The van der Waals surface area contributed by atoms with Crippen LogP contribution in [0.25, 0.3) is 0 Å². The minimum Gasteiger partial charge on any atom is -0.377 e.